The van der Waals surface area contributed by atoms with Crippen LogP contribution < -0.4 is 15.4 Å². The van der Waals surface area contributed by atoms with Crippen LogP contribution in [-0.2, 0) is 0 Å². The largest absolute Gasteiger partial charge is 0.464 e. The fourth-order valence-corrected chi connectivity index (χ4v) is 6.25. The maximum absolute atomic E-state index is 6.62. The van der Waals surface area contributed by atoms with Gasteiger partial charge in [-0.05, 0) is 53.7 Å². The van der Waals surface area contributed by atoms with Gasteiger partial charge in [0.2, 0.25) is 5.95 Å². The maximum atomic E-state index is 6.62. The van der Waals surface area contributed by atoms with Crippen LogP contribution in [-0.4, -0.2) is 31.0 Å². The lowest BCUT2D eigenvalue weighted by Crippen LogP contribution is -2.12. The Hall–Kier alpha value is -6.28. The minimum atomic E-state index is -0.270. The van der Waals surface area contributed by atoms with Gasteiger partial charge in [0.15, 0.2) is 23.6 Å². The molecular formula is C38H27N7O. The van der Waals surface area contributed by atoms with Crippen LogP contribution in [0.3, 0.4) is 0 Å². The summed E-state index contributed by atoms with van der Waals surface area (Å²) in [6.07, 6.45) is 9.36. The molecule has 5 heterocycles. The predicted molar refractivity (Wildman–Crippen MR) is 181 cm³/mol. The topological polar surface area (TPSA) is 89.8 Å². The maximum Gasteiger partial charge on any atom is 0.238 e. The molecule has 220 valence electrons. The number of benzene rings is 4. The predicted octanol–water partition coefficient (Wildman–Crippen LogP) is 7.70. The number of hydrogen-bond donors (Lipinski definition) is 2. The highest BCUT2D eigenvalue weighted by Crippen LogP contribution is 2.47. The van der Waals surface area contributed by atoms with Gasteiger partial charge in [-0.3, -0.25) is 9.55 Å². The zero-order valence-corrected chi connectivity index (χ0v) is 24.6. The van der Waals surface area contributed by atoms with Gasteiger partial charge in [0.25, 0.3) is 0 Å². The van der Waals surface area contributed by atoms with E-state index in [-0.39, 0.29) is 6.23 Å². The number of hydrogen-bond acceptors (Lipinski definition) is 7. The normalized spacial score (nSPS) is 15.2. The van der Waals surface area contributed by atoms with Crippen LogP contribution in [0.5, 0.6) is 5.75 Å². The third-order valence-electron chi connectivity index (χ3n) is 8.47. The van der Waals surface area contributed by atoms with Crippen molar-refractivity contribution in [3.8, 4) is 34.2 Å². The van der Waals surface area contributed by atoms with Gasteiger partial charge in [0.1, 0.15) is 0 Å². The standard InChI is InChI=1S/C38H27N7O/c1-2-6-28(7-3-1)37-41-30-14-15-32-33(34(30)46-37)29-8-4-5-9-31(29)45(32)38-43-35(42-36(44-38)27-18-22-40-23-19-27)26-12-10-24(11-13-26)25-16-20-39-21-17-25/h1-22,37,40-41H,23H2. The molecule has 0 spiro atoms. The molecule has 7 aromatic rings. The highest BCUT2D eigenvalue weighted by molar-refractivity contribution is 6.14. The van der Waals surface area contributed by atoms with Crippen molar-refractivity contribution in [2.24, 2.45) is 0 Å². The number of aromatic nitrogens is 5. The number of para-hydroxylation sites is 1. The molecule has 2 N–H and O–H groups in total. The highest BCUT2D eigenvalue weighted by Gasteiger charge is 2.29. The molecule has 46 heavy (non-hydrogen) atoms. The van der Waals surface area contributed by atoms with Crippen LogP contribution in [0.15, 0.2) is 134 Å². The van der Waals surface area contributed by atoms with E-state index in [1.165, 1.54) is 0 Å². The summed E-state index contributed by atoms with van der Waals surface area (Å²) in [7, 11) is 0. The molecule has 3 aromatic heterocycles. The van der Waals surface area contributed by atoms with Crippen LogP contribution >= 0.6 is 0 Å². The number of ether oxygens (including phenoxy) is 1. The average molecular weight is 598 g/mol. The molecule has 0 bridgehead atoms. The van der Waals surface area contributed by atoms with E-state index in [2.05, 4.69) is 93.0 Å². The van der Waals surface area contributed by atoms with Crippen LogP contribution in [0.25, 0.3) is 55.8 Å². The molecule has 0 amide bonds. The Morgan fingerprint density at radius 2 is 1.46 bits per heavy atom. The Labute approximate surface area is 264 Å². The van der Waals surface area contributed by atoms with Gasteiger partial charge in [-0.25, -0.2) is 4.98 Å². The van der Waals surface area contributed by atoms with E-state index in [4.69, 9.17) is 19.7 Å². The quantitative estimate of drug-likeness (QED) is 0.210. The van der Waals surface area contributed by atoms with Crippen molar-refractivity contribution in [2.45, 2.75) is 6.23 Å². The first kappa shape index (κ1) is 26.2. The molecule has 2 aliphatic rings. The third-order valence-corrected chi connectivity index (χ3v) is 8.47. The third kappa shape index (κ3) is 4.38. The molecule has 2 aliphatic heterocycles. The van der Waals surface area contributed by atoms with E-state index < -0.39 is 0 Å². The summed E-state index contributed by atoms with van der Waals surface area (Å²) in [5.41, 5.74) is 8.03. The van der Waals surface area contributed by atoms with Crippen molar-refractivity contribution in [2.75, 3.05) is 11.9 Å². The number of dihydropyridines is 1. The lowest BCUT2D eigenvalue weighted by molar-refractivity contribution is 0.263. The first-order valence-corrected chi connectivity index (χ1v) is 15.2. The summed E-state index contributed by atoms with van der Waals surface area (Å²) in [4.78, 5) is 19.3. The van der Waals surface area contributed by atoms with Crippen molar-refractivity contribution in [1.29, 1.82) is 0 Å². The first-order chi connectivity index (χ1) is 22.8. The van der Waals surface area contributed by atoms with E-state index in [1.807, 2.05) is 48.7 Å². The second-order valence-corrected chi connectivity index (χ2v) is 11.2. The Bertz CT molecular complexity index is 2310. The van der Waals surface area contributed by atoms with Gasteiger partial charge in [0, 0.05) is 41.0 Å². The Morgan fingerprint density at radius 3 is 2.28 bits per heavy atom. The SMILES string of the molecule is C1=CC(c2nc(-c3ccc(-c4ccncc4)cc3)nc(-n3c4ccccc4c4c5c(ccc43)NC(c3ccccc3)O5)n2)=CCN1. The smallest absolute Gasteiger partial charge is 0.238 e. The Morgan fingerprint density at radius 1 is 0.696 bits per heavy atom. The van der Waals surface area contributed by atoms with E-state index in [0.717, 1.165) is 61.1 Å². The number of nitrogens with zero attached hydrogens (tertiary/aromatic N) is 5. The number of fused-ring (bicyclic) bond motifs is 5. The number of anilines is 1. The second-order valence-electron chi connectivity index (χ2n) is 11.2. The summed E-state index contributed by atoms with van der Waals surface area (Å²) in [5.74, 6) is 2.59. The molecule has 0 saturated carbocycles. The van der Waals surface area contributed by atoms with Gasteiger partial charge >= 0.3 is 0 Å². The van der Waals surface area contributed by atoms with Crippen LogP contribution in [0, 0.1) is 0 Å². The summed E-state index contributed by atoms with van der Waals surface area (Å²) in [6, 6.07) is 35.1. The van der Waals surface area contributed by atoms with E-state index in [1.54, 1.807) is 12.4 Å². The van der Waals surface area contributed by atoms with Gasteiger partial charge in [-0.1, -0.05) is 78.9 Å². The van der Waals surface area contributed by atoms with E-state index in [9.17, 15) is 0 Å². The molecular weight excluding hydrogens is 570 g/mol. The molecule has 1 atom stereocenters. The van der Waals surface area contributed by atoms with Gasteiger partial charge in [0.05, 0.1) is 22.1 Å². The summed E-state index contributed by atoms with van der Waals surface area (Å²) < 4.78 is 8.74. The zero-order chi connectivity index (χ0) is 30.5. The van der Waals surface area contributed by atoms with Gasteiger partial charge in [-0.2, -0.15) is 9.97 Å². The van der Waals surface area contributed by atoms with Crippen LogP contribution in [0.4, 0.5) is 5.69 Å². The summed E-state index contributed by atoms with van der Waals surface area (Å²) in [5, 5.41) is 8.87. The molecule has 1 unspecified atom stereocenters. The van der Waals surface area contributed by atoms with E-state index in [0.29, 0.717) is 24.1 Å². The van der Waals surface area contributed by atoms with Crippen molar-refractivity contribution >= 4 is 33.1 Å². The summed E-state index contributed by atoms with van der Waals surface area (Å²) >= 11 is 0. The van der Waals surface area contributed by atoms with Crippen molar-refractivity contribution < 1.29 is 4.74 Å². The van der Waals surface area contributed by atoms with E-state index >= 15 is 0 Å². The van der Waals surface area contributed by atoms with Crippen LogP contribution in [0.2, 0.25) is 0 Å². The van der Waals surface area contributed by atoms with Crippen molar-refractivity contribution in [1.82, 2.24) is 29.8 Å². The highest BCUT2D eigenvalue weighted by atomic mass is 16.5. The summed E-state index contributed by atoms with van der Waals surface area (Å²) in [6.45, 7) is 0.706. The number of nitrogens with one attached hydrogen (secondary N) is 2. The fraction of sp³-hybridized carbons (Fsp3) is 0.0526. The van der Waals surface area contributed by atoms with Gasteiger partial charge < -0.3 is 15.4 Å². The van der Waals surface area contributed by atoms with Crippen molar-refractivity contribution in [3.05, 3.63) is 145 Å². The number of allylic oxidation sites excluding steroid dienone is 2. The fourth-order valence-electron chi connectivity index (χ4n) is 6.25. The van der Waals surface area contributed by atoms with Gasteiger partial charge in [-0.15, -0.1) is 0 Å². The minimum absolute atomic E-state index is 0.270. The number of pyridine rings is 1. The zero-order valence-electron chi connectivity index (χ0n) is 24.6. The molecule has 0 aliphatic carbocycles. The lowest BCUT2D eigenvalue weighted by atomic mass is 10.0. The average Bonchev–Trinajstić information content (AvgIpc) is 3.72. The van der Waals surface area contributed by atoms with Crippen molar-refractivity contribution in [3.63, 3.8) is 0 Å². The second kappa shape index (κ2) is 10.7. The Balaban J connectivity index is 1.22. The molecule has 8 heteroatoms. The first-order valence-electron chi connectivity index (χ1n) is 15.2. The minimum Gasteiger partial charge on any atom is -0.464 e. The molecule has 8 nitrogen and oxygen atoms in total. The number of rotatable bonds is 5. The lowest BCUT2D eigenvalue weighted by Gasteiger charge is -2.13. The van der Waals surface area contributed by atoms with Crippen LogP contribution in [0.1, 0.15) is 17.6 Å². The molecule has 4 aromatic carbocycles. The molecule has 9 rings (SSSR count). The molecule has 0 radical (unpaired) electrons. The molecule has 0 fully saturated rings. The Kier molecular flexibility index (Phi) is 6.09. The molecule has 0 saturated heterocycles. The monoisotopic (exact) mass is 597 g/mol.